The Morgan fingerprint density at radius 2 is 2.13 bits per heavy atom. The molecule has 2 aliphatic heterocycles. The summed E-state index contributed by atoms with van der Waals surface area (Å²) >= 11 is 0. The Morgan fingerprint density at radius 1 is 1.13 bits per heavy atom. The van der Waals surface area contributed by atoms with Crippen LogP contribution in [0, 0.1) is 0 Å². The molecule has 72 valence electrons. The van der Waals surface area contributed by atoms with Crippen molar-refractivity contribution in [2.24, 2.45) is 4.99 Å². The second-order valence-electron chi connectivity index (χ2n) is 4.10. The summed E-state index contributed by atoms with van der Waals surface area (Å²) in [5.74, 6) is 0. The predicted molar refractivity (Wildman–Crippen MR) is 60.4 cm³/mol. The molecule has 3 heterocycles. The fraction of sp³-hybridized carbons (Fsp3) is 0.154. The minimum atomic E-state index is 1.04. The van der Waals surface area contributed by atoms with Crippen LogP contribution in [0.25, 0.3) is 17.8 Å². The van der Waals surface area contributed by atoms with E-state index in [1.807, 2.05) is 6.20 Å². The Bertz CT molecular complexity index is 666. The van der Waals surface area contributed by atoms with E-state index in [2.05, 4.69) is 40.1 Å². The van der Waals surface area contributed by atoms with Crippen LogP contribution in [0.3, 0.4) is 0 Å². The van der Waals surface area contributed by atoms with Gasteiger partial charge in [-0.25, -0.2) is 4.99 Å². The smallest absolute Gasteiger partial charge is 0.144 e. The van der Waals surface area contributed by atoms with Gasteiger partial charge in [-0.2, -0.15) is 0 Å². The highest BCUT2D eigenvalue weighted by Gasteiger charge is 2.19. The quantitative estimate of drug-likeness (QED) is 0.591. The number of nitrogens with zero attached hydrogens (tertiary/aromatic N) is 2. The lowest BCUT2D eigenvalue weighted by molar-refractivity contribution is 0.974. The molecular weight excluding hydrogens is 184 g/mol. The van der Waals surface area contributed by atoms with E-state index in [4.69, 9.17) is 0 Å². The topological polar surface area (TPSA) is 17.3 Å². The highest BCUT2D eigenvalue weighted by atomic mass is 15.0. The van der Waals surface area contributed by atoms with Crippen LogP contribution in [0.1, 0.15) is 17.5 Å². The molecule has 15 heavy (non-hydrogen) atoms. The van der Waals surface area contributed by atoms with Gasteiger partial charge in [0.05, 0.1) is 5.35 Å². The molecule has 2 heteroatoms. The summed E-state index contributed by atoms with van der Waals surface area (Å²) in [4.78, 5) is 4.43. The Hall–Kier alpha value is -1.83. The third-order valence-electron chi connectivity index (χ3n) is 3.30. The summed E-state index contributed by atoms with van der Waals surface area (Å²) < 4.78 is 2.23. The summed E-state index contributed by atoms with van der Waals surface area (Å²) in [5, 5.41) is 1.39. The maximum Gasteiger partial charge on any atom is 0.144 e. The van der Waals surface area contributed by atoms with Gasteiger partial charge in [0.1, 0.15) is 5.49 Å². The van der Waals surface area contributed by atoms with Crippen LogP contribution in [-0.4, -0.2) is 4.57 Å². The second kappa shape index (κ2) is 2.40. The normalized spacial score (nSPS) is 19.1. The van der Waals surface area contributed by atoms with E-state index >= 15 is 0 Å². The molecule has 3 aliphatic rings. The van der Waals surface area contributed by atoms with Crippen LogP contribution in [0.4, 0.5) is 0 Å². The number of aromatic nitrogens is 1. The lowest BCUT2D eigenvalue weighted by Crippen LogP contribution is -2.28. The van der Waals surface area contributed by atoms with Crippen LogP contribution in [-0.2, 0) is 6.42 Å². The zero-order valence-electron chi connectivity index (χ0n) is 8.27. The van der Waals surface area contributed by atoms with E-state index in [9.17, 15) is 0 Å². The van der Waals surface area contributed by atoms with Gasteiger partial charge >= 0.3 is 0 Å². The number of fused-ring (bicyclic) bond motifs is 3. The molecule has 1 aromatic rings. The molecular formula is C13H10N2. The molecule has 0 radical (unpaired) electrons. The Labute approximate surface area is 87.3 Å². The summed E-state index contributed by atoms with van der Waals surface area (Å²) in [6.45, 7) is 0. The van der Waals surface area contributed by atoms with Crippen LogP contribution >= 0.6 is 0 Å². The van der Waals surface area contributed by atoms with E-state index in [0.29, 0.717) is 0 Å². The fourth-order valence-corrected chi connectivity index (χ4v) is 2.68. The number of rotatable bonds is 0. The van der Waals surface area contributed by atoms with Crippen LogP contribution in [0.15, 0.2) is 29.4 Å². The third-order valence-corrected chi connectivity index (χ3v) is 3.30. The molecule has 1 aromatic heterocycles. The van der Waals surface area contributed by atoms with Gasteiger partial charge in [-0.1, -0.05) is 18.2 Å². The molecule has 0 unspecified atom stereocenters. The van der Waals surface area contributed by atoms with Crippen molar-refractivity contribution in [2.75, 3.05) is 0 Å². The summed E-state index contributed by atoms with van der Waals surface area (Å²) in [5.41, 5.74) is 5.30. The van der Waals surface area contributed by atoms with Crippen LogP contribution in [0.2, 0.25) is 0 Å². The number of hydrogen-bond acceptors (Lipinski definition) is 1. The SMILES string of the molecule is C1=Cn2c3c(c4c2=C(C=CC4)C1)C=CN=3. The molecule has 0 N–H and O–H groups in total. The van der Waals surface area contributed by atoms with Crippen LogP contribution < -0.4 is 10.8 Å². The van der Waals surface area contributed by atoms with E-state index in [1.165, 1.54) is 22.0 Å². The Balaban J connectivity index is 2.31. The summed E-state index contributed by atoms with van der Waals surface area (Å²) in [6, 6.07) is 0. The van der Waals surface area contributed by atoms with Crippen molar-refractivity contribution < 1.29 is 0 Å². The standard InChI is InChI=1S/C13H10N2/c1-3-9-4-2-8-15-12(9)10(5-1)11-6-7-14-13(11)15/h1-3,6-8H,4-5H2. The molecule has 2 nitrogen and oxygen atoms in total. The minimum Gasteiger partial charge on any atom is -0.301 e. The largest absolute Gasteiger partial charge is 0.301 e. The van der Waals surface area contributed by atoms with Crippen LogP contribution in [0.5, 0.6) is 0 Å². The van der Waals surface area contributed by atoms with E-state index in [0.717, 1.165) is 18.3 Å². The van der Waals surface area contributed by atoms with Gasteiger partial charge in [0.2, 0.25) is 0 Å². The lowest BCUT2D eigenvalue weighted by atomic mass is 9.99. The first-order chi connectivity index (χ1) is 7.45. The maximum absolute atomic E-state index is 4.43. The van der Waals surface area contributed by atoms with Crippen molar-refractivity contribution in [3.05, 3.63) is 46.4 Å². The van der Waals surface area contributed by atoms with Crippen molar-refractivity contribution in [1.29, 1.82) is 0 Å². The van der Waals surface area contributed by atoms with E-state index in [1.54, 1.807) is 0 Å². The molecule has 0 bridgehead atoms. The average molecular weight is 194 g/mol. The fourth-order valence-electron chi connectivity index (χ4n) is 2.68. The van der Waals surface area contributed by atoms with Gasteiger partial charge in [-0.05, 0) is 30.1 Å². The van der Waals surface area contributed by atoms with Crippen molar-refractivity contribution >= 4 is 17.8 Å². The molecule has 0 spiro atoms. The van der Waals surface area contributed by atoms with Crippen molar-refractivity contribution in [1.82, 2.24) is 4.57 Å². The first-order valence-electron chi connectivity index (χ1n) is 5.29. The second-order valence-corrected chi connectivity index (χ2v) is 4.10. The van der Waals surface area contributed by atoms with Gasteiger partial charge in [0.15, 0.2) is 0 Å². The first kappa shape index (κ1) is 7.46. The van der Waals surface area contributed by atoms with Crippen molar-refractivity contribution in [3.8, 4) is 0 Å². The zero-order valence-corrected chi connectivity index (χ0v) is 8.27. The molecule has 1 aliphatic carbocycles. The van der Waals surface area contributed by atoms with E-state index < -0.39 is 0 Å². The maximum atomic E-state index is 4.43. The van der Waals surface area contributed by atoms with Crippen molar-refractivity contribution in [2.45, 2.75) is 12.8 Å². The minimum absolute atomic E-state index is 1.04. The van der Waals surface area contributed by atoms with Gasteiger partial charge in [0.25, 0.3) is 0 Å². The summed E-state index contributed by atoms with van der Waals surface area (Å²) in [7, 11) is 0. The highest BCUT2D eigenvalue weighted by molar-refractivity contribution is 5.69. The van der Waals surface area contributed by atoms with E-state index in [-0.39, 0.29) is 0 Å². The van der Waals surface area contributed by atoms with Gasteiger partial charge in [-0.3, -0.25) is 0 Å². The molecule has 0 aromatic carbocycles. The molecule has 0 amide bonds. The van der Waals surface area contributed by atoms with Gasteiger partial charge in [-0.15, -0.1) is 0 Å². The molecule has 0 fully saturated rings. The molecule has 0 atom stereocenters. The zero-order chi connectivity index (χ0) is 9.83. The summed E-state index contributed by atoms with van der Waals surface area (Å²) in [6.07, 6.45) is 15.0. The first-order valence-corrected chi connectivity index (χ1v) is 5.29. The monoisotopic (exact) mass is 194 g/mol. The predicted octanol–water partition coefficient (Wildman–Crippen LogP) is 1.23. The lowest BCUT2D eigenvalue weighted by Gasteiger charge is -2.11. The highest BCUT2D eigenvalue weighted by Crippen LogP contribution is 2.19. The Kier molecular flexibility index (Phi) is 1.19. The molecule has 0 saturated heterocycles. The molecule has 0 saturated carbocycles. The number of hydrogen-bond donors (Lipinski definition) is 0. The van der Waals surface area contributed by atoms with Crippen molar-refractivity contribution in [3.63, 3.8) is 0 Å². The Morgan fingerprint density at radius 3 is 3.13 bits per heavy atom. The average Bonchev–Trinajstić information content (AvgIpc) is 2.84. The van der Waals surface area contributed by atoms with Gasteiger partial charge in [0, 0.05) is 18.0 Å². The van der Waals surface area contributed by atoms with Gasteiger partial charge < -0.3 is 4.57 Å². The number of allylic oxidation sites excluding steroid dienone is 3. The molecule has 4 rings (SSSR count). The third kappa shape index (κ3) is 0.780.